The molecular weight excluding hydrogens is 346 g/mol. The molecule has 0 aliphatic carbocycles. The van der Waals surface area contributed by atoms with Crippen LogP contribution >= 0.6 is 0 Å². The quantitative estimate of drug-likeness (QED) is 0.512. The fourth-order valence-corrected chi connectivity index (χ4v) is 2.85. The van der Waals surface area contributed by atoms with E-state index in [0.717, 1.165) is 6.42 Å². The van der Waals surface area contributed by atoms with Crippen molar-refractivity contribution in [3.05, 3.63) is 23.8 Å². The highest BCUT2D eigenvalue weighted by Crippen LogP contribution is 2.36. The maximum Gasteiger partial charge on any atom is 0.326 e. The summed E-state index contributed by atoms with van der Waals surface area (Å²) in [5.74, 6) is -0.111. The Bertz CT molecular complexity index is 711. The molecule has 6 nitrogen and oxygen atoms in total. The molecule has 0 N–H and O–H groups in total. The molecule has 0 saturated heterocycles. The van der Waals surface area contributed by atoms with Crippen molar-refractivity contribution >= 4 is 23.3 Å². The fourth-order valence-electron chi connectivity index (χ4n) is 2.85. The van der Waals surface area contributed by atoms with Crippen LogP contribution in [0.4, 0.5) is 5.69 Å². The highest BCUT2D eigenvalue weighted by atomic mass is 16.5. The van der Waals surface area contributed by atoms with Crippen LogP contribution in [0, 0.1) is 11.8 Å². The SMILES string of the molecule is CCCC(=O)c1ccc2c(c1)N(CC(=O)OCC(C)C)C(=O)C(C(C)C)O2. The molecule has 0 aromatic heterocycles. The standard InChI is InChI=1S/C21H29NO5/c1-6-7-17(23)15-8-9-18-16(10-15)22(11-19(24)26-12-13(2)3)21(25)20(27-18)14(4)5/h8-10,13-14,20H,6-7,11-12H2,1-5H3. The molecule has 0 fully saturated rings. The first-order valence-electron chi connectivity index (χ1n) is 9.55. The van der Waals surface area contributed by atoms with Crippen LogP contribution in [-0.4, -0.2) is 36.9 Å². The van der Waals surface area contributed by atoms with Gasteiger partial charge in [0.25, 0.3) is 5.91 Å². The molecule has 1 amide bonds. The summed E-state index contributed by atoms with van der Waals surface area (Å²) in [6.07, 6.45) is 0.498. The van der Waals surface area contributed by atoms with Crippen LogP contribution in [0.25, 0.3) is 0 Å². The van der Waals surface area contributed by atoms with Gasteiger partial charge in [0.1, 0.15) is 12.3 Å². The Morgan fingerprint density at radius 3 is 2.52 bits per heavy atom. The third-order valence-electron chi connectivity index (χ3n) is 4.28. The predicted molar refractivity (Wildman–Crippen MR) is 103 cm³/mol. The summed E-state index contributed by atoms with van der Waals surface area (Å²) in [6.45, 7) is 9.71. The van der Waals surface area contributed by atoms with Gasteiger partial charge in [-0.1, -0.05) is 34.6 Å². The van der Waals surface area contributed by atoms with Crippen molar-refractivity contribution in [3.8, 4) is 5.75 Å². The molecule has 1 aliphatic rings. The third kappa shape index (κ3) is 5.08. The fraction of sp³-hybridized carbons (Fsp3) is 0.571. The van der Waals surface area contributed by atoms with Crippen molar-refractivity contribution < 1.29 is 23.9 Å². The van der Waals surface area contributed by atoms with E-state index in [0.29, 0.717) is 30.0 Å². The Balaban J connectivity index is 2.34. The van der Waals surface area contributed by atoms with E-state index in [1.54, 1.807) is 18.2 Å². The Hall–Kier alpha value is -2.37. The number of rotatable bonds is 8. The van der Waals surface area contributed by atoms with Gasteiger partial charge in [0.15, 0.2) is 11.9 Å². The number of hydrogen-bond acceptors (Lipinski definition) is 5. The number of anilines is 1. The number of nitrogens with zero attached hydrogens (tertiary/aromatic N) is 1. The molecule has 1 heterocycles. The largest absolute Gasteiger partial charge is 0.478 e. The summed E-state index contributed by atoms with van der Waals surface area (Å²) in [5, 5.41) is 0. The van der Waals surface area contributed by atoms with E-state index in [1.807, 2.05) is 34.6 Å². The topological polar surface area (TPSA) is 72.9 Å². The van der Waals surface area contributed by atoms with Crippen molar-refractivity contribution in [1.29, 1.82) is 0 Å². The second-order valence-electron chi connectivity index (χ2n) is 7.64. The highest BCUT2D eigenvalue weighted by Gasteiger charge is 2.37. The molecule has 0 spiro atoms. The number of fused-ring (bicyclic) bond motifs is 1. The Morgan fingerprint density at radius 1 is 1.22 bits per heavy atom. The molecule has 0 saturated carbocycles. The second-order valence-corrected chi connectivity index (χ2v) is 7.64. The van der Waals surface area contributed by atoms with Gasteiger partial charge in [0, 0.05) is 12.0 Å². The smallest absolute Gasteiger partial charge is 0.326 e. The van der Waals surface area contributed by atoms with E-state index in [-0.39, 0.29) is 30.1 Å². The molecule has 0 radical (unpaired) electrons. The van der Waals surface area contributed by atoms with E-state index in [9.17, 15) is 14.4 Å². The van der Waals surface area contributed by atoms with Gasteiger partial charge in [-0.2, -0.15) is 0 Å². The van der Waals surface area contributed by atoms with Gasteiger partial charge in [0.2, 0.25) is 0 Å². The average molecular weight is 375 g/mol. The summed E-state index contributed by atoms with van der Waals surface area (Å²) in [7, 11) is 0. The first kappa shape index (κ1) is 20.9. The summed E-state index contributed by atoms with van der Waals surface area (Å²) in [6, 6.07) is 5.04. The number of ether oxygens (including phenoxy) is 2. The van der Waals surface area contributed by atoms with Gasteiger partial charge in [-0.25, -0.2) is 0 Å². The van der Waals surface area contributed by atoms with Crippen molar-refractivity contribution in [2.24, 2.45) is 11.8 Å². The first-order chi connectivity index (χ1) is 12.7. The van der Waals surface area contributed by atoms with Gasteiger partial charge in [0.05, 0.1) is 12.3 Å². The normalized spacial score (nSPS) is 16.3. The van der Waals surface area contributed by atoms with Crippen molar-refractivity contribution in [1.82, 2.24) is 0 Å². The molecule has 148 valence electrons. The highest BCUT2D eigenvalue weighted by molar-refractivity contribution is 6.05. The van der Waals surface area contributed by atoms with Gasteiger partial charge in [-0.3, -0.25) is 19.3 Å². The summed E-state index contributed by atoms with van der Waals surface area (Å²) < 4.78 is 11.1. The zero-order chi connectivity index (χ0) is 20.1. The van der Waals surface area contributed by atoms with Crippen molar-refractivity contribution in [2.45, 2.75) is 53.6 Å². The molecule has 1 unspecified atom stereocenters. The van der Waals surface area contributed by atoms with Crippen molar-refractivity contribution in [2.75, 3.05) is 18.1 Å². The zero-order valence-corrected chi connectivity index (χ0v) is 16.8. The lowest BCUT2D eigenvalue weighted by atomic mass is 10.0. The van der Waals surface area contributed by atoms with Crippen LogP contribution in [0.3, 0.4) is 0 Å². The number of benzene rings is 1. The molecule has 1 aliphatic heterocycles. The number of ketones is 1. The van der Waals surface area contributed by atoms with E-state index in [1.165, 1.54) is 4.90 Å². The van der Waals surface area contributed by atoms with E-state index < -0.39 is 12.1 Å². The molecule has 1 aromatic rings. The number of carbonyl (C=O) groups excluding carboxylic acids is 3. The number of esters is 1. The Morgan fingerprint density at radius 2 is 1.93 bits per heavy atom. The average Bonchev–Trinajstić information content (AvgIpc) is 2.61. The number of amides is 1. The van der Waals surface area contributed by atoms with Crippen LogP contribution in [0.15, 0.2) is 18.2 Å². The molecule has 6 heteroatoms. The minimum Gasteiger partial charge on any atom is -0.478 e. The van der Waals surface area contributed by atoms with Crippen LogP contribution < -0.4 is 9.64 Å². The molecule has 27 heavy (non-hydrogen) atoms. The summed E-state index contributed by atoms with van der Waals surface area (Å²) >= 11 is 0. The maximum atomic E-state index is 12.9. The molecule has 2 rings (SSSR count). The summed E-state index contributed by atoms with van der Waals surface area (Å²) in [4.78, 5) is 38.8. The third-order valence-corrected chi connectivity index (χ3v) is 4.28. The van der Waals surface area contributed by atoms with Crippen LogP contribution in [-0.2, 0) is 14.3 Å². The first-order valence-corrected chi connectivity index (χ1v) is 9.55. The molecular formula is C21H29NO5. The monoisotopic (exact) mass is 375 g/mol. The predicted octanol–water partition coefficient (Wildman–Crippen LogP) is 3.62. The van der Waals surface area contributed by atoms with E-state index in [4.69, 9.17) is 9.47 Å². The maximum absolute atomic E-state index is 12.9. The van der Waals surface area contributed by atoms with Crippen LogP contribution in [0.2, 0.25) is 0 Å². The minimum absolute atomic E-state index is 0.000987. The van der Waals surface area contributed by atoms with Gasteiger partial charge >= 0.3 is 5.97 Å². The molecule has 1 atom stereocenters. The number of hydrogen-bond donors (Lipinski definition) is 0. The molecule has 1 aromatic carbocycles. The van der Waals surface area contributed by atoms with Gasteiger partial charge < -0.3 is 9.47 Å². The Kier molecular flexibility index (Phi) is 6.99. The van der Waals surface area contributed by atoms with Crippen LogP contribution in [0.1, 0.15) is 57.8 Å². The van der Waals surface area contributed by atoms with Gasteiger partial charge in [-0.15, -0.1) is 0 Å². The van der Waals surface area contributed by atoms with E-state index in [2.05, 4.69) is 0 Å². The second kappa shape index (κ2) is 9.02. The lowest BCUT2D eigenvalue weighted by Gasteiger charge is -2.35. The van der Waals surface area contributed by atoms with Gasteiger partial charge in [-0.05, 0) is 36.5 Å². The Labute approximate surface area is 160 Å². The number of carbonyl (C=O) groups is 3. The lowest BCUT2D eigenvalue weighted by molar-refractivity contribution is -0.144. The van der Waals surface area contributed by atoms with Crippen LogP contribution in [0.5, 0.6) is 5.75 Å². The van der Waals surface area contributed by atoms with Crippen molar-refractivity contribution in [3.63, 3.8) is 0 Å². The zero-order valence-electron chi connectivity index (χ0n) is 16.8. The van der Waals surface area contributed by atoms with E-state index >= 15 is 0 Å². The number of Topliss-reactive ketones (excluding diaryl/α,β-unsaturated/α-hetero) is 1. The lowest BCUT2D eigenvalue weighted by Crippen LogP contribution is -2.50. The molecule has 0 bridgehead atoms. The summed E-state index contributed by atoms with van der Waals surface area (Å²) in [5.41, 5.74) is 0.955. The minimum atomic E-state index is -0.674.